The number of aromatic amines is 1. The number of H-pyrrole nitrogens is 1. The molecule has 1 rings (SSSR count). The molecule has 0 aliphatic rings. The largest absolute Gasteiger partial charge is 0.313 e. The first-order chi connectivity index (χ1) is 4.72. The summed E-state index contributed by atoms with van der Waals surface area (Å²) < 4.78 is 0. The van der Waals surface area contributed by atoms with Crippen molar-refractivity contribution in [2.45, 2.75) is 13.3 Å². The van der Waals surface area contributed by atoms with Crippen molar-refractivity contribution in [1.82, 2.24) is 4.98 Å². The van der Waals surface area contributed by atoms with Gasteiger partial charge in [0.2, 0.25) is 5.56 Å². The molecule has 3 heteroatoms. The summed E-state index contributed by atoms with van der Waals surface area (Å²) in [6.07, 6.45) is 0.837. The van der Waals surface area contributed by atoms with Crippen molar-refractivity contribution in [3.8, 4) is 0 Å². The topological polar surface area (TPSA) is 32.9 Å². The third kappa shape index (κ3) is 1.61. The Morgan fingerprint density at radius 3 is 2.80 bits per heavy atom. The molecular weight excluding hydrogens is 150 g/mol. The van der Waals surface area contributed by atoms with Crippen LogP contribution in [0.2, 0.25) is 5.15 Å². The first-order valence-electron chi connectivity index (χ1n) is 3.11. The lowest BCUT2D eigenvalue weighted by Crippen LogP contribution is -2.04. The van der Waals surface area contributed by atoms with Gasteiger partial charge in [-0.05, 0) is 18.1 Å². The molecule has 0 saturated carbocycles. The highest BCUT2D eigenvalue weighted by molar-refractivity contribution is 6.29. The van der Waals surface area contributed by atoms with Crippen molar-refractivity contribution in [3.63, 3.8) is 0 Å². The van der Waals surface area contributed by atoms with E-state index in [0.717, 1.165) is 12.0 Å². The van der Waals surface area contributed by atoms with E-state index >= 15 is 0 Å². The predicted octanol–water partition coefficient (Wildman–Crippen LogP) is 1.59. The van der Waals surface area contributed by atoms with Gasteiger partial charge in [-0.25, -0.2) is 0 Å². The monoisotopic (exact) mass is 157 g/mol. The van der Waals surface area contributed by atoms with Crippen molar-refractivity contribution in [3.05, 3.63) is 33.2 Å². The Balaban J connectivity index is 3.19. The molecule has 0 bridgehead atoms. The van der Waals surface area contributed by atoms with Crippen molar-refractivity contribution in [2.75, 3.05) is 0 Å². The molecule has 0 fully saturated rings. The molecule has 0 saturated heterocycles. The minimum atomic E-state index is -0.135. The maximum absolute atomic E-state index is 10.7. The van der Waals surface area contributed by atoms with E-state index in [2.05, 4.69) is 4.98 Å². The summed E-state index contributed by atoms with van der Waals surface area (Å²) in [6.45, 7) is 1.98. The quantitative estimate of drug-likeness (QED) is 0.617. The van der Waals surface area contributed by atoms with Crippen LogP contribution in [0, 0.1) is 0 Å². The van der Waals surface area contributed by atoms with E-state index in [1.54, 1.807) is 12.1 Å². The fourth-order valence-corrected chi connectivity index (χ4v) is 1.00. The highest BCUT2D eigenvalue weighted by Crippen LogP contribution is 2.03. The van der Waals surface area contributed by atoms with Gasteiger partial charge in [0.15, 0.2) is 0 Å². The van der Waals surface area contributed by atoms with Crippen molar-refractivity contribution < 1.29 is 0 Å². The molecule has 0 amide bonds. The summed E-state index contributed by atoms with van der Waals surface area (Å²) in [5.41, 5.74) is 0.832. The van der Waals surface area contributed by atoms with E-state index in [4.69, 9.17) is 11.6 Å². The zero-order chi connectivity index (χ0) is 7.56. The fourth-order valence-electron chi connectivity index (χ4n) is 0.767. The fraction of sp³-hybridized carbons (Fsp3) is 0.286. The van der Waals surface area contributed by atoms with Crippen molar-refractivity contribution in [2.24, 2.45) is 0 Å². The molecule has 0 atom stereocenters. The Kier molecular flexibility index (Phi) is 2.12. The van der Waals surface area contributed by atoms with Gasteiger partial charge in [0, 0.05) is 6.07 Å². The van der Waals surface area contributed by atoms with Crippen LogP contribution in [-0.4, -0.2) is 4.98 Å². The van der Waals surface area contributed by atoms with Gasteiger partial charge in [-0.1, -0.05) is 18.5 Å². The van der Waals surface area contributed by atoms with E-state index in [1.807, 2.05) is 6.92 Å². The zero-order valence-electron chi connectivity index (χ0n) is 5.65. The second-order valence-electron chi connectivity index (χ2n) is 2.05. The number of aromatic nitrogens is 1. The van der Waals surface area contributed by atoms with Gasteiger partial charge < -0.3 is 4.98 Å². The van der Waals surface area contributed by atoms with E-state index in [-0.39, 0.29) is 5.56 Å². The Bertz CT molecular complexity index is 279. The molecule has 10 heavy (non-hydrogen) atoms. The van der Waals surface area contributed by atoms with Crippen LogP contribution in [0.25, 0.3) is 0 Å². The average molecular weight is 158 g/mol. The molecule has 0 unspecified atom stereocenters. The highest BCUT2D eigenvalue weighted by Gasteiger charge is 1.92. The number of aryl methyl sites for hydroxylation is 1. The summed E-state index contributed by atoms with van der Waals surface area (Å²) in [6, 6.07) is 3.30. The first-order valence-corrected chi connectivity index (χ1v) is 3.49. The molecule has 0 aliphatic heterocycles. The Labute approximate surface area is 63.8 Å². The smallest absolute Gasteiger partial charge is 0.249 e. The molecular formula is C7H8ClNO. The minimum Gasteiger partial charge on any atom is -0.313 e. The molecule has 1 aromatic rings. The lowest BCUT2D eigenvalue weighted by Gasteiger charge is -1.93. The highest BCUT2D eigenvalue weighted by atomic mass is 35.5. The van der Waals surface area contributed by atoms with Crippen LogP contribution in [0.15, 0.2) is 16.9 Å². The van der Waals surface area contributed by atoms with Gasteiger partial charge in [0.25, 0.3) is 0 Å². The molecule has 54 valence electrons. The average Bonchev–Trinajstić information content (AvgIpc) is 1.85. The summed E-state index contributed by atoms with van der Waals surface area (Å²) in [7, 11) is 0. The van der Waals surface area contributed by atoms with Crippen LogP contribution in [0.1, 0.15) is 12.5 Å². The minimum absolute atomic E-state index is 0.135. The van der Waals surface area contributed by atoms with Gasteiger partial charge in [-0.2, -0.15) is 0 Å². The number of nitrogens with one attached hydrogen (secondary N) is 1. The molecule has 1 N–H and O–H groups in total. The molecule has 1 aromatic heterocycles. The maximum atomic E-state index is 10.7. The van der Waals surface area contributed by atoms with Gasteiger partial charge in [0.05, 0.1) is 0 Å². The number of hydrogen-bond acceptors (Lipinski definition) is 1. The van der Waals surface area contributed by atoms with Crippen LogP contribution in [0.5, 0.6) is 0 Å². The molecule has 0 spiro atoms. The van der Waals surface area contributed by atoms with Crippen molar-refractivity contribution in [1.29, 1.82) is 0 Å². The maximum Gasteiger partial charge on any atom is 0.249 e. The lowest BCUT2D eigenvalue weighted by molar-refractivity contribution is 1.10. The Hall–Kier alpha value is -0.760. The molecule has 1 heterocycles. The zero-order valence-corrected chi connectivity index (χ0v) is 6.40. The summed E-state index contributed by atoms with van der Waals surface area (Å²) in [5.74, 6) is 0. The molecule has 0 aliphatic carbocycles. The number of halogens is 1. The third-order valence-electron chi connectivity index (χ3n) is 1.28. The van der Waals surface area contributed by atoms with Gasteiger partial charge in [-0.3, -0.25) is 4.79 Å². The van der Waals surface area contributed by atoms with Gasteiger partial charge >= 0.3 is 0 Å². The van der Waals surface area contributed by atoms with Gasteiger partial charge in [-0.15, -0.1) is 0 Å². The Morgan fingerprint density at radius 2 is 2.30 bits per heavy atom. The van der Waals surface area contributed by atoms with Crippen molar-refractivity contribution >= 4 is 11.6 Å². The number of pyridine rings is 1. The first kappa shape index (κ1) is 7.35. The number of rotatable bonds is 1. The summed E-state index contributed by atoms with van der Waals surface area (Å²) >= 11 is 5.57. The molecule has 2 nitrogen and oxygen atoms in total. The lowest BCUT2D eigenvalue weighted by atomic mass is 10.2. The van der Waals surface area contributed by atoms with E-state index < -0.39 is 0 Å². The van der Waals surface area contributed by atoms with E-state index in [1.165, 1.54) is 0 Å². The van der Waals surface area contributed by atoms with Crippen LogP contribution in [0.4, 0.5) is 0 Å². The summed E-state index contributed by atoms with van der Waals surface area (Å²) in [4.78, 5) is 13.2. The normalized spacial score (nSPS) is 9.80. The van der Waals surface area contributed by atoms with Crippen LogP contribution < -0.4 is 5.56 Å². The number of hydrogen-bond donors (Lipinski definition) is 1. The van der Waals surface area contributed by atoms with Crippen LogP contribution >= 0.6 is 11.6 Å². The van der Waals surface area contributed by atoms with E-state index in [0.29, 0.717) is 5.15 Å². The van der Waals surface area contributed by atoms with Gasteiger partial charge in [0.1, 0.15) is 5.15 Å². The second-order valence-corrected chi connectivity index (χ2v) is 2.46. The molecule has 0 aromatic carbocycles. The standard InChI is InChI=1S/C7H8ClNO/c1-2-5-3-6(8)9-7(10)4-5/h3-4H,2H2,1H3,(H,9,10). The van der Waals surface area contributed by atoms with E-state index in [9.17, 15) is 4.79 Å². The van der Waals surface area contributed by atoms with Crippen LogP contribution in [-0.2, 0) is 6.42 Å². The second kappa shape index (κ2) is 2.88. The molecule has 0 radical (unpaired) electrons. The predicted molar refractivity (Wildman–Crippen MR) is 41.5 cm³/mol. The third-order valence-corrected chi connectivity index (χ3v) is 1.48. The Morgan fingerprint density at radius 1 is 1.60 bits per heavy atom. The van der Waals surface area contributed by atoms with Crippen LogP contribution in [0.3, 0.4) is 0 Å². The summed E-state index contributed by atoms with van der Waals surface area (Å²) in [5, 5.41) is 0.407. The SMILES string of the molecule is CCc1cc(Cl)[nH]c(=O)c1.